The van der Waals surface area contributed by atoms with Crippen LogP contribution in [0, 0.1) is 6.57 Å². The summed E-state index contributed by atoms with van der Waals surface area (Å²) in [5, 5.41) is 3.90. The minimum Gasteiger partial charge on any atom is -0.497 e. The van der Waals surface area contributed by atoms with Crippen molar-refractivity contribution in [2.24, 2.45) is 0 Å². The molecule has 0 bridgehead atoms. The van der Waals surface area contributed by atoms with E-state index < -0.39 is 5.56 Å². The summed E-state index contributed by atoms with van der Waals surface area (Å²) in [6.45, 7) is 8.17. The van der Waals surface area contributed by atoms with Gasteiger partial charge in [0, 0.05) is 18.0 Å². The van der Waals surface area contributed by atoms with Crippen LogP contribution in [0.25, 0.3) is 16.1 Å². The quantitative estimate of drug-likeness (QED) is 0.197. The van der Waals surface area contributed by atoms with Crippen molar-refractivity contribution in [3.05, 3.63) is 112 Å². The topological polar surface area (TPSA) is 71.4 Å². The largest absolute Gasteiger partial charge is 0.497 e. The number of nitrogens with zero attached hydrogens (tertiary/aromatic N) is 2. The average molecular weight is 455 g/mol. The summed E-state index contributed by atoms with van der Waals surface area (Å²) < 4.78 is 5.27. The molecule has 33 heavy (non-hydrogen) atoms. The number of anilines is 1. The zero-order chi connectivity index (χ0) is 23.0. The molecule has 0 atom stereocenters. The highest BCUT2D eigenvalue weighted by Gasteiger charge is 2.15. The Morgan fingerprint density at radius 1 is 1.03 bits per heavy atom. The van der Waals surface area contributed by atoms with Crippen LogP contribution in [0.5, 0.6) is 5.75 Å². The second-order valence-corrected chi connectivity index (χ2v) is 8.20. The average Bonchev–Trinajstić information content (AvgIpc) is 2.87. The van der Waals surface area contributed by atoms with Crippen molar-refractivity contribution in [1.82, 2.24) is 9.97 Å². The van der Waals surface area contributed by atoms with Crippen molar-refractivity contribution in [1.29, 1.82) is 0 Å². The molecule has 164 valence electrons. The van der Waals surface area contributed by atoms with Gasteiger partial charge in [-0.15, -0.1) is 0 Å². The van der Waals surface area contributed by atoms with E-state index in [-0.39, 0.29) is 5.69 Å². The molecule has 1 heterocycles. The van der Waals surface area contributed by atoms with Crippen molar-refractivity contribution >= 4 is 23.1 Å². The molecule has 7 heteroatoms. The van der Waals surface area contributed by atoms with Crippen LogP contribution in [-0.4, -0.2) is 17.1 Å². The van der Waals surface area contributed by atoms with Crippen LogP contribution >= 0.6 is 11.8 Å². The van der Waals surface area contributed by atoms with Crippen LogP contribution in [0.4, 0.5) is 11.4 Å². The van der Waals surface area contributed by atoms with E-state index in [0.717, 1.165) is 17.8 Å². The van der Waals surface area contributed by atoms with E-state index in [1.54, 1.807) is 13.2 Å². The second-order valence-electron chi connectivity index (χ2n) is 7.24. The zero-order valence-corrected chi connectivity index (χ0v) is 18.9. The van der Waals surface area contributed by atoms with E-state index >= 15 is 0 Å². The Morgan fingerprint density at radius 2 is 1.82 bits per heavy atom. The third-order valence-electron chi connectivity index (χ3n) is 4.97. The summed E-state index contributed by atoms with van der Waals surface area (Å²) in [6, 6.07) is 25.6. The molecule has 4 aromatic rings. The van der Waals surface area contributed by atoms with Crippen molar-refractivity contribution < 1.29 is 4.74 Å². The first-order chi connectivity index (χ1) is 16.2. The standard InChI is InChI=1S/C26H22N4O2S/c1-27-24-23(20-11-7-13-22(15-20)32-2)29-26(30-25(24)31)33-17-19-10-6-12-21(14-19)28-16-18-8-4-3-5-9-18/h3-15,28H,16-17H2,2H3,(H,29,30,31). The summed E-state index contributed by atoms with van der Waals surface area (Å²) in [5.41, 5.74) is 3.88. The molecule has 0 aliphatic rings. The van der Waals surface area contributed by atoms with E-state index in [9.17, 15) is 4.79 Å². The van der Waals surface area contributed by atoms with Gasteiger partial charge < -0.3 is 15.0 Å². The van der Waals surface area contributed by atoms with Gasteiger partial charge in [-0.1, -0.05) is 66.4 Å². The summed E-state index contributed by atoms with van der Waals surface area (Å²) in [6.07, 6.45) is 0. The van der Waals surface area contributed by atoms with Gasteiger partial charge in [-0.3, -0.25) is 4.79 Å². The highest BCUT2D eigenvalue weighted by molar-refractivity contribution is 7.98. The fourth-order valence-electron chi connectivity index (χ4n) is 3.31. The highest BCUT2D eigenvalue weighted by Crippen LogP contribution is 2.30. The van der Waals surface area contributed by atoms with Crippen molar-refractivity contribution in [2.45, 2.75) is 17.5 Å². The van der Waals surface area contributed by atoms with Crippen molar-refractivity contribution in [3.63, 3.8) is 0 Å². The Hall–Kier alpha value is -4.02. The summed E-state index contributed by atoms with van der Waals surface area (Å²) in [5.74, 6) is 1.26. The number of hydrogen-bond acceptors (Lipinski definition) is 5. The number of rotatable bonds is 8. The molecule has 4 rings (SSSR count). The molecule has 0 fully saturated rings. The van der Waals surface area contributed by atoms with E-state index in [1.807, 2.05) is 54.6 Å². The summed E-state index contributed by atoms with van der Waals surface area (Å²) >= 11 is 1.42. The maximum atomic E-state index is 12.5. The Labute approximate surface area is 196 Å². The molecule has 0 saturated carbocycles. The number of benzene rings is 3. The van der Waals surface area contributed by atoms with Crippen LogP contribution < -0.4 is 15.6 Å². The summed E-state index contributed by atoms with van der Waals surface area (Å²) in [7, 11) is 1.57. The molecule has 0 unspecified atom stereocenters. The lowest BCUT2D eigenvalue weighted by Gasteiger charge is -2.10. The molecule has 0 amide bonds. The van der Waals surface area contributed by atoms with Crippen LogP contribution in [0.15, 0.2) is 88.8 Å². The molecule has 3 aromatic carbocycles. The van der Waals surface area contributed by atoms with Gasteiger partial charge in [0.05, 0.1) is 19.4 Å². The number of nitrogens with one attached hydrogen (secondary N) is 2. The molecular weight excluding hydrogens is 432 g/mol. The first kappa shape index (κ1) is 22.2. The van der Waals surface area contributed by atoms with E-state index in [2.05, 4.69) is 38.3 Å². The third-order valence-corrected chi connectivity index (χ3v) is 5.91. The van der Waals surface area contributed by atoms with Gasteiger partial charge in [-0.05, 0) is 41.0 Å². The van der Waals surface area contributed by atoms with Crippen molar-refractivity contribution in [2.75, 3.05) is 12.4 Å². The lowest BCUT2D eigenvalue weighted by Crippen LogP contribution is -2.09. The van der Waals surface area contributed by atoms with Gasteiger partial charge in [0.2, 0.25) is 0 Å². The van der Waals surface area contributed by atoms with Gasteiger partial charge in [0.15, 0.2) is 5.16 Å². The lowest BCUT2D eigenvalue weighted by atomic mass is 10.1. The number of thioether (sulfide) groups is 1. The van der Waals surface area contributed by atoms with Gasteiger partial charge in [0.25, 0.3) is 11.2 Å². The molecule has 6 nitrogen and oxygen atoms in total. The maximum absolute atomic E-state index is 12.5. The van der Waals surface area contributed by atoms with Gasteiger partial charge in [-0.2, -0.15) is 0 Å². The Kier molecular flexibility index (Phi) is 7.08. The maximum Gasteiger partial charge on any atom is 0.276 e. The predicted octanol–water partition coefficient (Wildman–Crippen LogP) is 5.90. The molecule has 2 N–H and O–H groups in total. The van der Waals surface area contributed by atoms with Gasteiger partial charge in [-0.25, -0.2) is 9.83 Å². The first-order valence-electron chi connectivity index (χ1n) is 10.3. The number of hydrogen-bond donors (Lipinski definition) is 2. The minimum absolute atomic E-state index is 0.0280. The van der Waals surface area contributed by atoms with Crippen LogP contribution in [0.1, 0.15) is 11.1 Å². The van der Waals surface area contributed by atoms with E-state index in [0.29, 0.717) is 27.9 Å². The molecule has 1 aromatic heterocycles. The molecule has 0 saturated heterocycles. The first-order valence-corrected chi connectivity index (χ1v) is 11.3. The molecule has 0 aliphatic heterocycles. The number of ether oxygens (including phenoxy) is 1. The molecular formula is C26H22N4O2S. The lowest BCUT2D eigenvalue weighted by molar-refractivity contribution is 0.415. The monoisotopic (exact) mass is 454 g/mol. The van der Waals surface area contributed by atoms with E-state index in [4.69, 9.17) is 11.3 Å². The Bertz CT molecular complexity index is 1350. The number of aromatic nitrogens is 2. The summed E-state index contributed by atoms with van der Waals surface area (Å²) in [4.78, 5) is 23.3. The predicted molar refractivity (Wildman–Crippen MR) is 133 cm³/mol. The SMILES string of the molecule is [C-]#[N+]c1c(-c2cccc(OC)c2)nc(SCc2cccc(NCc3ccccc3)c2)[nH]c1=O. The van der Waals surface area contributed by atoms with E-state index in [1.165, 1.54) is 17.3 Å². The van der Waals surface area contributed by atoms with Crippen LogP contribution in [-0.2, 0) is 12.3 Å². The van der Waals surface area contributed by atoms with Gasteiger partial charge >= 0.3 is 0 Å². The van der Waals surface area contributed by atoms with Crippen LogP contribution in [0.2, 0.25) is 0 Å². The Balaban J connectivity index is 1.51. The number of H-pyrrole nitrogens is 1. The smallest absolute Gasteiger partial charge is 0.276 e. The zero-order valence-electron chi connectivity index (χ0n) is 18.0. The highest BCUT2D eigenvalue weighted by atomic mass is 32.2. The molecule has 0 radical (unpaired) electrons. The van der Waals surface area contributed by atoms with Crippen LogP contribution in [0.3, 0.4) is 0 Å². The minimum atomic E-state index is -0.446. The molecule has 0 spiro atoms. The van der Waals surface area contributed by atoms with Crippen molar-refractivity contribution in [3.8, 4) is 17.0 Å². The third kappa shape index (κ3) is 5.62. The normalized spacial score (nSPS) is 10.4. The van der Waals surface area contributed by atoms with Gasteiger partial charge in [0.1, 0.15) is 5.75 Å². The Morgan fingerprint density at radius 3 is 2.61 bits per heavy atom. The molecule has 0 aliphatic carbocycles. The fourth-order valence-corrected chi connectivity index (χ4v) is 4.12. The second kappa shape index (κ2) is 10.5. The number of aromatic amines is 1. The fraction of sp³-hybridized carbons (Fsp3) is 0.115. The number of methoxy groups -OCH3 is 1.